The minimum atomic E-state index is 0.669. The number of nitrogens with zero attached hydrogens (tertiary/aromatic N) is 6. The van der Waals surface area contributed by atoms with Crippen LogP contribution >= 0.6 is 11.6 Å². The van der Waals surface area contributed by atoms with Gasteiger partial charge in [0.2, 0.25) is 0 Å². The van der Waals surface area contributed by atoms with E-state index in [1.807, 2.05) is 59.4 Å². The molecule has 0 spiro atoms. The van der Waals surface area contributed by atoms with E-state index in [1.54, 1.807) is 12.4 Å². The highest BCUT2D eigenvalue weighted by atomic mass is 35.5. The second kappa shape index (κ2) is 8.34. The van der Waals surface area contributed by atoms with E-state index in [0.717, 1.165) is 53.2 Å². The molecule has 30 heavy (non-hydrogen) atoms. The fourth-order valence-electron chi connectivity index (χ4n) is 3.79. The Balaban J connectivity index is 1.53. The van der Waals surface area contributed by atoms with Gasteiger partial charge in [-0.1, -0.05) is 22.9 Å². The molecule has 150 valence electrons. The lowest BCUT2D eigenvalue weighted by molar-refractivity contribution is 0.327. The molecule has 0 saturated carbocycles. The van der Waals surface area contributed by atoms with Crippen LogP contribution in [0.1, 0.15) is 29.8 Å². The van der Waals surface area contributed by atoms with Gasteiger partial charge in [0, 0.05) is 29.3 Å². The molecule has 0 radical (unpaired) electrons. The number of benzene rings is 1. The first kappa shape index (κ1) is 18.9. The minimum Gasteiger partial charge on any atom is -0.297 e. The van der Waals surface area contributed by atoms with Crippen LogP contribution in [-0.4, -0.2) is 43.0 Å². The van der Waals surface area contributed by atoms with Gasteiger partial charge in [-0.2, -0.15) is 0 Å². The summed E-state index contributed by atoms with van der Waals surface area (Å²) in [4.78, 5) is 11.3. The zero-order valence-electron chi connectivity index (χ0n) is 16.4. The molecule has 6 nitrogen and oxygen atoms in total. The molecule has 3 aromatic heterocycles. The van der Waals surface area contributed by atoms with Gasteiger partial charge in [-0.05, 0) is 74.0 Å². The molecule has 4 aromatic rings. The highest BCUT2D eigenvalue weighted by Gasteiger charge is 2.15. The first-order valence-electron chi connectivity index (χ1n) is 10.1. The summed E-state index contributed by atoms with van der Waals surface area (Å²) in [6, 6.07) is 11.7. The summed E-state index contributed by atoms with van der Waals surface area (Å²) in [6.07, 6.45) is 12.1. The predicted molar refractivity (Wildman–Crippen MR) is 119 cm³/mol. The molecule has 7 heteroatoms. The maximum absolute atomic E-state index is 6.28. The molecule has 1 saturated heterocycles. The predicted octanol–water partition coefficient (Wildman–Crippen LogP) is 4.63. The quantitative estimate of drug-likeness (QED) is 0.474. The normalized spacial score (nSPS) is 14.8. The van der Waals surface area contributed by atoms with Crippen LogP contribution in [0.15, 0.2) is 55.0 Å². The van der Waals surface area contributed by atoms with E-state index in [0.29, 0.717) is 5.02 Å². The number of fused-ring (bicyclic) bond motifs is 1. The Morgan fingerprint density at radius 1 is 1.00 bits per heavy atom. The first-order chi connectivity index (χ1) is 14.7. The minimum absolute atomic E-state index is 0.669. The van der Waals surface area contributed by atoms with Gasteiger partial charge in [0.15, 0.2) is 0 Å². The summed E-state index contributed by atoms with van der Waals surface area (Å²) in [5, 5.41) is 10.4. The van der Waals surface area contributed by atoms with Gasteiger partial charge < -0.3 is 0 Å². The van der Waals surface area contributed by atoms with Crippen molar-refractivity contribution in [1.82, 2.24) is 29.9 Å². The van der Waals surface area contributed by atoms with Crippen molar-refractivity contribution in [3.05, 3.63) is 77.0 Å². The number of pyridine rings is 2. The molecule has 0 unspecified atom stereocenters. The standard InChI is InChI=1S/C23H21ClN6/c24-18-4-6-22-21(13-18)23(14-19(26-22)5-3-17-7-9-25-10-8-17)30-16-20(27-28-30)15-29-11-1-2-12-29/h3-10,13-14,16H,1-2,11-12,15H2/b5-3+. The lowest BCUT2D eigenvalue weighted by Crippen LogP contribution is -2.18. The molecule has 0 amide bonds. The Labute approximate surface area is 179 Å². The van der Waals surface area contributed by atoms with Gasteiger partial charge in [0.1, 0.15) is 0 Å². The number of aromatic nitrogens is 5. The average molecular weight is 417 g/mol. The SMILES string of the molecule is Clc1ccc2nc(/C=C/c3ccncc3)cc(-n3cc(CN4CCCC4)nn3)c2c1. The summed E-state index contributed by atoms with van der Waals surface area (Å²) < 4.78 is 1.83. The number of likely N-dealkylation sites (tertiary alicyclic amines) is 1. The Morgan fingerprint density at radius 3 is 2.67 bits per heavy atom. The maximum Gasteiger partial charge on any atom is 0.0971 e. The van der Waals surface area contributed by atoms with Gasteiger partial charge >= 0.3 is 0 Å². The smallest absolute Gasteiger partial charge is 0.0971 e. The highest BCUT2D eigenvalue weighted by molar-refractivity contribution is 6.31. The lowest BCUT2D eigenvalue weighted by Gasteiger charge is -2.11. The summed E-state index contributed by atoms with van der Waals surface area (Å²) >= 11 is 6.28. The van der Waals surface area contributed by atoms with E-state index in [9.17, 15) is 0 Å². The van der Waals surface area contributed by atoms with Gasteiger partial charge in [0.05, 0.1) is 28.8 Å². The Morgan fingerprint density at radius 2 is 1.83 bits per heavy atom. The molecule has 0 bridgehead atoms. The third kappa shape index (κ3) is 4.10. The van der Waals surface area contributed by atoms with Gasteiger partial charge in [-0.15, -0.1) is 5.10 Å². The van der Waals surface area contributed by atoms with E-state index >= 15 is 0 Å². The van der Waals surface area contributed by atoms with Crippen molar-refractivity contribution in [2.24, 2.45) is 0 Å². The third-order valence-electron chi connectivity index (χ3n) is 5.29. The van der Waals surface area contributed by atoms with Gasteiger partial charge in [0.25, 0.3) is 0 Å². The molecular weight excluding hydrogens is 396 g/mol. The van der Waals surface area contributed by atoms with Crippen LogP contribution in [0.3, 0.4) is 0 Å². The van der Waals surface area contributed by atoms with Crippen molar-refractivity contribution in [3.8, 4) is 5.69 Å². The van der Waals surface area contributed by atoms with Crippen LogP contribution in [0.25, 0.3) is 28.7 Å². The van der Waals surface area contributed by atoms with Crippen LogP contribution in [-0.2, 0) is 6.54 Å². The molecule has 0 N–H and O–H groups in total. The number of halogens is 1. The molecule has 0 atom stereocenters. The first-order valence-corrected chi connectivity index (χ1v) is 10.4. The van der Waals surface area contributed by atoms with Crippen molar-refractivity contribution in [3.63, 3.8) is 0 Å². The lowest BCUT2D eigenvalue weighted by atomic mass is 10.1. The van der Waals surface area contributed by atoms with E-state index in [4.69, 9.17) is 16.6 Å². The second-order valence-electron chi connectivity index (χ2n) is 7.48. The highest BCUT2D eigenvalue weighted by Crippen LogP contribution is 2.26. The monoisotopic (exact) mass is 416 g/mol. The summed E-state index contributed by atoms with van der Waals surface area (Å²) in [7, 11) is 0. The molecular formula is C23H21ClN6. The zero-order chi connectivity index (χ0) is 20.3. The number of rotatable bonds is 5. The fraction of sp³-hybridized carbons (Fsp3) is 0.217. The van der Waals surface area contributed by atoms with E-state index in [-0.39, 0.29) is 0 Å². The van der Waals surface area contributed by atoms with Crippen molar-refractivity contribution < 1.29 is 0 Å². The van der Waals surface area contributed by atoms with Crippen molar-refractivity contribution >= 4 is 34.7 Å². The van der Waals surface area contributed by atoms with E-state index in [2.05, 4.69) is 20.2 Å². The molecule has 1 aliphatic rings. The van der Waals surface area contributed by atoms with E-state index < -0.39 is 0 Å². The van der Waals surface area contributed by atoms with Gasteiger partial charge in [-0.3, -0.25) is 9.88 Å². The molecule has 1 aliphatic heterocycles. The van der Waals surface area contributed by atoms with Crippen LogP contribution < -0.4 is 0 Å². The molecule has 5 rings (SSSR count). The second-order valence-corrected chi connectivity index (χ2v) is 7.92. The van der Waals surface area contributed by atoms with Crippen LogP contribution in [0.5, 0.6) is 0 Å². The summed E-state index contributed by atoms with van der Waals surface area (Å²) in [5.74, 6) is 0. The number of hydrogen-bond acceptors (Lipinski definition) is 5. The Hall–Kier alpha value is -3.09. The van der Waals surface area contributed by atoms with Crippen LogP contribution in [0.2, 0.25) is 5.02 Å². The van der Waals surface area contributed by atoms with Crippen LogP contribution in [0, 0.1) is 0 Å². The average Bonchev–Trinajstić information content (AvgIpc) is 3.45. The topological polar surface area (TPSA) is 59.7 Å². The Bertz CT molecular complexity index is 1200. The fourth-order valence-corrected chi connectivity index (χ4v) is 3.96. The molecule has 0 aliphatic carbocycles. The van der Waals surface area contributed by atoms with Gasteiger partial charge in [-0.25, -0.2) is 9.67 Å². The Kier molecular flexibility index (Phi) is 5.26. The maximum atomic E-state index is 6.28. The molecule has 4 heterocycles. The van der Waals surface area contributed by atoms with Crippen molar-refractivity contribution in [2.75, 3.05) is 13.1 Å². The largest absolute Gasteiger partial charge is 0.297 e. The number of hydrogen-bond donors (Lipinski definition) is 0. The summed E-state index contributed by atoms with van der Waals surface area (Å²) in [5.41, 5.74) is 4.66. The third-order valence-corrected chi connectivity index (χ3v) is 5.53. The zero-order valence-corrected chi connectivity index (χ0v) is 17.2. The van der Waals surface area contributed by atoms with Crippen molar-refractivity contribution in [1.29, 1.82) is 0 Å². The van der Waals surface area contributed by atoms with Crippen LogP contribution in [0.4, 0.5) is 0 Å². The molecule has 1 aromatic carbocycles. The summed E-state index contributed by atoms with van der Waals surface area (Å²) in [6.45, 7) is 3.09. The molecule has 1 fully saturated rings. The van der Waals surface area contributed by atoms with E-state index in [1.165, 1.54) is 12.8 Å². The van der Waals surface area contributed by atoms with Crippen molar-refractivity contribution in [2.45, 2.75) is 19.4 Å².